The summed E-state index contributed by atoms with van der Waals surface area (Å²) in [5.74, 6) is 0.0565. The van der Waals surface area contributed by atoms with Gasteiger partial charge in [-0.25, -0.2) is 4.39 Å². The van der Waals surface area contributed by atoms with Crippen LogP contribution in [0.2, 0.25) is 0 Å². The maximum Gasteiger partial charge on any atom is 0.165 e. The molecule has 0 heterocycles. The number of halogens is 1. The first kappa shape index (κ1) is 14.0. The summed E-state index contributed by atoms with van der Waals surface area (Å²) in [5, 5.41) is 3.25. The van der Waals surface area contributed by atoms with Crippen molar-refractivity contribution in [3.05, 3.63) is 29.6 Å². The average Bonchev–Trinajstić information content (AvgIpc) is 2.29. The van der Waals surface area contributed by atoms with Gasteiger partial charge in [0, 0.05) is 12.6 Å². The van der Waals surface area contributed by atoms with Crippen LogP contribution in [-0.2, 0) is 6.54 Å². The Kier molecular flexibility index (Phi) is 5.42. The normalized spacial score (nSPS) is 12.8. The van der Waals surface area contributed by atoms with Gasteiger partial charge in [-0.15, -0.1) is 0 Å². The summed E-state index contributed by atoms with van der Waals surface area (Å²) < 4.78 is 19.2. The zero-order chi connectivity index (χ0) is 12.8. The molecule has 0 amide bonds. The highest BCUT2D eigenvalue weighted by Crippen LogP contribution is 2.20. The molecule has 1 aromatic carbocycles. The average molecular weight is 239 g/mol. The maximum atomic E-state index is 13.7. The summed E-state index contributed by atoms with van der Waals surface area (Å²) in [4.78, 5) is 0. The molecule has 1 atom stereocenters. The van der Waals surface area contributed by atoms with Gasteiger partial charge < -0.3 is 10.1 Å². The lowest BCUT2D eigenvalue weighted by molar-refractivity contribution is 0.207. The highest BCUT2D eigenvalue weighted by atomic mass is 19.1. The van der Waals surface area contributed by atoms with E-state index in [2.05, 4.69) is 19.2 Å². The first-order valence-corrected chi connectivity index (χ1v) is 6.21. The van der Waals surface area contributed by atoms with Crippen molar-refractivity contribution in [1.29, 1.82) is 0 Å². The van der Waals surface area contributed by atoms with E-state index in [0.29, 0.717) is 18.3 Å². The quantitative estimate of drug-likeness (QED) is 0.820. The molecule has 0 saturated heterocycles. The van der Waals surface area contributed by atoms with E-state index in [9.17, 15) is 4.39 Å². The Morgan fingerprint density at radius 2 is 2.00 bits per heavy atom. The highest BCUT2D eigenvalue weighted by Gasteiger charge is 2.08. The van der Waals surface area contributed by atoms with E-state index in [1.165, 1.54) is 6.07 Å². The summed E-state index contributed by atoms with van der Waals surface area (Å²) in [7, 11) is 0. The fraction of sp³-hybridized carbons (Fsp3) is 0.571. The van der Waals surface area contributed by atoms with Crippen molar-refractivity contribution in [3.8, 4) is 5.75 Å². The van der Waals surface area contributed by atoms with Gasteiger partial charge in [-0.2, -0.15) is 0 Å². The van der Waals surface area contributed by atoms with Crippen LogP contribution in [0, 0.1) is 5.82 Å². The third kappa shape index (κ3) is 4.73. The van der Waals surface area contributed by atoms with Crippen LogP contribution in [0.1, 0.15) is 39.7 Å². The van der Waals surface area contributed by atoms with Gasteiger partial charge >= 0.3 is 0 Å². The molecule has 0 aliphatic rings. The minimum atomic E-state index is -0.284. The van der Waals surface area contributed by atoms with Crippen molar-refractivity contribution in [2.75, 3.05) is 0 Å². The predicted octanol–water partition coefficient (Wildman–Crippen LogP) is 3.50. The second-order valence-corrected chi connectivity index (χ2v) is 4.64. The summed E-state index contributed by atoms with van der Waals surface area (Å²) >= 11 is 0. The lowest BCUT2D eigenvalue weighted by Gasteiger charge is -2.14. The monoisotopic (exact) mass is 239 g/mol. The summed E-state index contributed by atoms with van der Waals surface area (Å²) in [6.07, 6.45) is 0.917. The molecule has 1 rings (SSSR count). The molecule has 0 aliphatic carbocycles. The lowest BCUT2D eigenvalue weighted by atomic mass is 10.2. The first-order valence-electron chi connectivity index (χ1n) is 6.21. The van der Waals surface area contributed by atoms with Crippen LogP contribution in [0.3, 0.4) is 0 Å². The van der Waals surface area contributed by atoms with Gasteiger partial charge in [0.05, 0.1) is 6.10 Å². The standard InChI is InChI=1S/C14H22FNO/c1-5-11(4)17-14-7-6-12(8-13(14)15)9-16-10(2)3/h6-8,10-11,16H,5,9H2,1-4H3. The Morgan fingerprint density at radius 1 is 1.29 bits per heavy atom. The van der Waals surface area contributed by atoms with Gasteiger partial charge in [-0.1, -0.05) is 26.8 Å². The van der Waals surface area contributed by atoms with Gasteiger partial charge in [-0.3, -0.25) is 0 Å². The molecule has 0 saturated carbocycles. The number of hydrogen-bond donors (Lipinski definition) is 1. The largest absolute Gasteiger partial charge is 0.488 e. The minimum Gasteiger partial charge on any atom is -0.488 e. The van der Waals surface area contributed by atoms with Gasteiger partial charge in [0.25, 0.3) is 0 Å². The molecular formula is C14H22FNO. The van der Waals surface area contributed by atoms with Crippen molar-refractivity contribution in [2.24, 2.45) is 0 Å². The van der Waals surface area contributed by atoms with Gasteiger partial charge in [0.1, 0.15) is 0 Å². The van der Waals surface area contributed by atoms with Gasteiger partial charge in [0.2, 0.25) is 0 Å². The van der Waals surface area contributed by atoms with Crippen LogP contribution < -0.4 is 10.1 Å². The number of benzene rings is 1. The van der Waals surface area contributed by atoms with Crippen LogP contribution in [-0.4, -0.2) is 12.1 Å². The minimum absolute atomic E-state index is 0.0455. The Labute approximate surface area is 103 Å². The van der Waals surface area contributed by atoms with E-state index in [-0.39, 0.29) is 11.9 Å². The second kappa shape index (κ2) is 6.60. The fourth-order valence-electron chi connectivity index (χ4n) is 1.37. The van der Waals surface area contributed by atoms with Gasteiger partial charge in [-0.05, 0) is 31.0 Å². The molecule has 0 spiro atoms. The smallest absolute Gasteiger partial charge is 0.165 e. The van der Waals surface area contributed by atoms with Crippen molar-refractivity contribution in [2.45, 2.75) is 52.8 Å². The molecule has 1 aromatic rings. The maximum absolute atomic E-state index is 13.7. The zero-order valence-electron chi connectivity index (χ0n) is 11.1. The molecule has 0 aromatic heterocycles. The zero-order valence-corrected chi connectivity index (χ0v) is 11.1. The fourth-order valence-corrected chi connectivity index (χ4v) is 1.37. The van der Waals surface area contributed by atoms with Gasteiger partial charge in [0.15, 0.2) is 11.6 Å². The van der Waals surface area contributed by atoms with E-state index >= 15 is 0 Å². The molecular weight excluding hydrogens is 217 g/mol. The number of rotatable bonds is 6. The Bertz CT molecular complexity index is 352. The summed E-state index contributed by atoms with van der Waals surface area (Å²) in [6, 6.07) is 5.54. The topological polar surface area (TPSA) is 21.3 Å². The highest BCUT2D eigenvalue weighted by molar-refractivity contribution is 5.29. The van der Waals surface area contributed by atoms with Crippen LogP contribution >= 0.6 is 0 Å². The molecule has 0 aliphatic heterocycles. The predicted molar refractivity (Wildman–Crippen MR) is 68.8 cm³/mol. The number of nitrogens with one attached hydrogen (secondary N) is 1. The Balaban J connectivity index is 2.65. The molecule has 0 radical (unpaired) electrons. The van der Waals surface area contributed by atoms with Crippen molar-refractivity contribution in [1.82, 2.24) is 5.32 Å². The third-order valence-electron chi connectivity index (χ3n) is 2.61. The SMILES string of the molecule is CCC(C)Oc1ccc(CNC(C)C)cc1F. The Morgan fingerprint density at radius 3 is 2.53 bits per heavy atom. The number of ether oxygens (including phenoxy) is 1. The van der Waals surface area contributed by atoms with E-state index in [0.717, 1.165) is 12.0 Å². The van der Waals surface area contributed by atoms with E-state index < -0.39 is 0 Å². The van der Waals surface area contributed by atoms with Crippen LogP contribution in [0.5, 0.6) is 5.75 Å². The lowest BCUT2D eigenvalue weighted by Crippen LogP contribution is -2.21. The molecule has 3 heteroatoms. The second-order valence-electron chi connectivity index (χ2n) is 4.64. The molecule has 1 N–H and O–H groups in total. The van der Waals surface area contributed by atoms with E-state index in [4.69, 9.17) is 4.74 Å². The molecule has 0 bridgehead atoms. The molecule has 1 unspecified atom stereocenters. The van der Waals surface area contributed by atoms with Crippen LogP contribution in [0.25, 0.3) is 0 Å². The molecule has 96 valence electrons. The summed E-state index contributed by atoms with van der Waals surface area (Å²) in [5.41, 5.74) is 0.938. The summed E-state index contributed by atoms with van der Waals surface area (Å²) in [6.45, 7) is 8.77. The molecule has 2 nitrogen and oxygen atoms in total. The number of hydrogen-bond acceptors (Lipinski definition) is 2. The van der Waals surface area contributed by atoms with E-state index in [1.807, 2.05) is 19.9 Å². The van der Waals surface area contributed by atoms with Crippen LogP contribution in [0.15, 0.2) is 18.2 Å². The molecule has 17 heavy (non-hydrogen) atoms. The van der Waals surface area contributed by atoms with Crippen molar-refractivity contribution < 1.29 is 9.13 Å². The Hall–Kier alpha value is -1.09. The first-order chi connectivity index (χ1) is 8.02. The van der Waals surface area contributed by atoms with Crippen molar-refractivity contribution in [3.63, 3.8) is 0 Å². The van der Waals surface area contributed by atoms with Crippen LogP contribution in [0.4, 0.5) is 4.39 Å². The molecule has 0 fully saturated rings. The third-order valence-corrected chi connectivity index (χ3v) is 2.61. The van der Waals surface area contributed by atoms with E-state index in [1.54, 1.807) is 6.07 Å². The van der Waals surface area contributed by atoms with Crippen molar-refractivity contribution >= 4 is 0 Å².